The number of ether oxygens (including phenoxy) is 1. The Bertz CT molecular complexity index is 300. The summed E-state index contributed by atoms with van der Waals surface area (Å²) in [5, 5.41) is 3.20. The maximum atomic E-state index is 5.44. The Morgan fingerprint density at radius 2 is 2.19 bits per heavy atom. The molecule has 0 bridgehead atoms. The molecule has 1 heterocycles. The second kappa shape index (κ2) is 7.57. The molecular formula is C11H18BrN3O. The highest BCUT2D eigenvalue weighted by atomic mass is 79.9. The summed E-state index contributed by atoms with van der Waals surface area (Å²) in [7, 11) is 0. The minimum Gasteiger partial charge on any atom is -0.380 e. The molecule has 0 aliphatic carbocycles. The van der Waals surface area contributed by atoms with Crippen molar-refractivity contribution in [2.45, 2.75) is 26.7 Å². The fraction of sp³-hybridized carbons (Fsp3) is 0.636. The predicted octanol–water partition coefficient (Wildman–Crippen LogP) is 2.78. The Morgan fingerprint density at radius 3 is 2.88 bits per heavy atom. The van der Waals surface area contributed by atoms with Gasteiger partial charge in [0.25, 0.3) is 0 Å². The van der Waals surface area contributed by atoms with E-state index in [4.69, 9.17) is 4.74 Å². The number of hydrogen-bond donors (Lipinski definition) is 1. The molecule has 4 nitrogen and oxygen atoms in total. The van der Waals surface area contributed by atoms with Crippen molar-refractivity contribution in [2.75, 3.05) is 25.1 Å². The van der Waals surface area contributed by atoms with Gasteiger partial charge in [-0.1, -0.05) is 13.3 Å². The van der Waals surface area contributed by atoms with E-state index in [0.717, 1.165) is 35.8 Å². The summed E-state index contributed by atoms with van der Waals surface area (Å²) in [4.78, 5) is 8.40. The van der Waals surface area contributed by atoms with E-state index in [-0.39, 0.29) is 0 Å². The molecule has 0 radical (unpaired) electrons. The molecule has 1 aromatic rings. The molecule has 16 heavy (non-hydrogen) atoms. The van der Waals surface area contributed by atoms with E-state index in [1.165, 1.54) is 6.42 Å². The maximum Gasteiger partial charge on any atom is 0.130 e. The third-order valence-corrected chi connectivity index (χ3v) is 2.41. The quantitative estimate of drug-likeness (QED) is 0.619. The fourth-order valence-electron chi connectivity index (χ4n) is 1.22. The zero-order chi connectivity index (χ0) is 11.8. The first kappa shape index (κ1) is 13.4. The van der Waals surface area contributed by atoms with Gasteiger partial charge < -0.3 is 10.1 Å². The lowest BCUT2D eigenvalue weighted by molar-refractivity contribution is 0.141. The zero-order valence-electron chi connectivity index (χ0n) is 9.79. The van der Waals surface area contributed by atoms with Crippen molar-refractivity contribution >= 4 is 21.7 Å². The summed E-state index contributed by atoms with van der Waals surface area (Å²) in [6, 6.07) is 1.86. The van der Waals surface area contributed by atoms with E-state index >= 15 is 0 Å². The lowest BCUT2D eigenvalue weighted by atomic mass is 10.4. The predicted molar refractivity (Wildman–Crippen MR) is 68.7 cm³/mol. The maximum absolute atomic E-state index is 5.44. The number of aryl methyl sites for hydroxylation is 1. The molecule has 0 aromatic carbocycles. The normalized spacial score (nSPS) is 10.4. The third kappa shape index (κ3) is 5.42. The molecule has 1 N–H and O–H groups in total. The lowest BCUT2D eigenvalue weighted by Gasteiger charge is -2.07. The van der Waals surface area contributed by atoms with Crippen LogP contribution in [0.3, 0.4) is 0 Å². The molecule has 0 spiro atoms. The highest BCUT2D eigenvalue weighted by Crippen LogP contribution is 2.11. The van der Waals surface area contributed by atoms with Crippen LogP contribution in [-0.4, -0.2) is 29.7 Å². The van der Waals surface area contributed by atoms with E-state index in [1.54, 1.807) is 0 Å². The molecule has 0 amide bonds. The van der Waals surface area contributed by atoms with Crippen molar-refractivity contribution in [3.05, 3.63) is 16.5 Å². The number of nitrogens with zero attached hydrogens (tertiary/aromatic N) is 2. The summed E-state index contributed by atoms with van der Waals surface area (Å²) >= 11 is 3.33. The number of aromatic nitrogens is 2. The summed E-state index contributed by atoms with van der Waals surface area (Å²) in [6.45, 7) is 6.34. The highest BCUT2D eigenvalue weighted by molar-refractivity contribution is 9.10. The first-order valence-electron chi connectivity index (χ1n) is 5.55. The number of rotatable bonds is 7. The van der Waals surface area contributed by atoms with Gasteiger partial charge in [0, 0.05) is 19.2 Å². The summed E-state index contributed by atoms with van der Waals surface area (Å²) in [5.74, 6) is 1.59. The van der Waals surface area contributed by atoms with Crippen LogP contribution >= 0.6 is 15.9 Å². The molecule has 0 fully saturated rings. The van der Waals surface area contributed by atoms with Crippen molar-refractivity contribution in [1.29, 1.82) is 0 Å². The van der Waals surface area contributed by atoms with Crippen LogP contribution in [-0.2, 0) is 4.74 Å². The van der Waals surface area contributed by atoms with Crippen molar-refractivity contribution in [1.82, 2.24) is 9.97 Å². The molecule has 0 aliphatic rings. The smallest absolute Gasteiger partial charge is 0.130 e. The Balaban J connectivity index is 2.21. The topological polar surface area (TPSA) is 47.0 Å². The third-order valence-electron chi connectivity index (χ3n) is 2.00. The van der Waals surface area contributed by atoms with Gasteiger partial charge >= 0.3 is 0 Å². The number of anilines is 1. The van der Waals surface area contributed by atoms with E-state index in [1.807, 2.05) is 13.0 Å². The second-order valence-electron chi connectivity index (χ2n) is 3.52. The number of nitrogens with one attached hydrogen (secondary N) is 1. The van der Waals surface area contributed by atoms with Gasteiger partial charge in [0.15, 0.2) is 0 Å². The lowest BCUT2D eigenvalue weighted by Crippen LogP contribution is -2.11. The molecule has 0 saturated carbocycles. The van der Waals surface area contributed by atoms with Crippen molar-refractivity contribution in [2.24, 2.45) is 0 Å². The number of unbranched alkanes of at least 4 members (excludes halogenated alkanes) is 1. The van der Waals surface area contributed by atoms with Gasteiger partial charge in [-0.3, -0.25) is 0 Å². The minimum absolute atomic E-state index is 0.709. The van der Waals surface area contributed by atoms with Gasteiger partial charge in [0.1, 0.15) is 16.2 Å². The summed E-state index contributed by atoms with van der Waals surface area (Å²) in [6.07, 6.45) is 2.30. The Morgan fingerprint density at radius 1 is 1.38 bits per heavy atom. The van der Waals surface area contributed by atoms with Crippen molar-refractivity contribution < 1.29 is 4.74 Å². The molecule has 1 rings (SSSR count). The monoisotopic (exact) mass is 287 g/mol. The Kier molecular flexibility index (Phi) is 6.33. The number of halogens is 1. The van der Waals surface area contributed by atoms with Crippen LogP contribution in [0, 0.1) is 6.92 Å². The van der Waals surface area contributed by atoms with E-state index in [0.29, 0.717) is 6.61 Å². The minimum atomic E-state index is 0.709. The van der Waals surface area contributed by atoms with Crippen LogP contribution in [0.2, 0.25) is 0 Å². The SMILES string of the molecule is CCCCOCCNc1cc(Br)nc(C)n1. The zero-order valence-corrected chi connectivity index (χ0v) is 11.4. The van der Waals surface area contributed by atoms with Gasteiger partial charge in [-0.05, 0) is 29.3 Å². The first-order valence-corrected chi connectivity index (χ1v) is 6.34. The molecule has 0 aliphatic heterocycles. The fourth-order valence-corrected chi connectivity index (χ4v) is 1.70. The second-order valence-corrected chi connectivity index (χ2v) is 4.33. The van der Waals surface area contributed by atoms with Gasteiger partial charge in [-0.15, -0.1) is 0 Å². The molecule has 0 unspecified atom stereocenters. The first-order chi connectivity index (χ1) is 7.72. The van der Waals surface area contributed by atoms with E-state index < -0.39 is 0 Å². The van der Waals surface area contributed by atoms with Crippen LogP contribution in [0.4, 0.5) is 5.82 Å². The highest BCUT2D eigenvalue weighted by Gasteiger charge is 1.98. The van der Waals surface area contributed by atoms with Crippen LogP contribution in [0.1, 0.15) is 25.6 Å². The average molecular weight is 288 g/mol. The van der Waals surface area contributed by atoms with Crippen LogP contribution in [0.15, 0.2) is 10.7 Å². The van der Waals surface area contributed by atoms with E-state index in [9.17, 15) is 0 Å². The van der Waals surface area contributed by atoms with Crippen molar-refractivity contribution in [3.8, 4) is 0 Å². The van der Waals surface area contributed by atoms with Gasteiger partial charge in [-0.2, -0.15) is 0 Å². The molecular weight excluding hydrogens is 270 g/mol. The molecule has 5 heteroatoms. The van der Waals surface area contributed by atoms with Gasteiger partial charge in [0.2, 0.25) is 0 Å². The van der Waals surface area contributed by atoms with E-state index in [2.05, 4.69) is 38.1 Å². The Hall–Kier alpha value is -0.680. The van der Waals surface area contributed by atoms with Crippen molar-refractivity contribution in [3.63, 3.8) is 0 Å². The molecule has 0 atom stereocenters. The van der Waals surface area contributed by atoms with Gasteiger partial charge in [0.05, 0.1) is 6.61 Å². The Labute approximate surface area is 105 Å². The number of hydrogen-bond acceptors (Lipinski definition) is 4. The molecule has 0 saturated heterocycles. The van der Waals surface area contributed by atoms with Gasteiger partial charge in [-0.25, -0.2) is 9.97 Å². The summed E-state index contributed by atoms with van der Waals surface area (Å²) in [5.41, 5.74) is 0. The average Bonchev–Trinajstić information content (AvgIpc) is 2.22. The largest absolute Gasteiger partial charge is 0.380 e. The summed E-state index contributed by atoms with van der Waals surface area (Å²) < 4.78 is 6.24. The van der Waals surface area contributed by atoms with Crippen LogP contribution in [0.25, 0.3) is 0 Å². The van der Waals surface area contributed by atoms with Crippen LogP contribution in [0.5, 0.6) is 0 Å². The standard InChI is InChI=1S/C11H18BrN3O/c1-3-4-6-16-7-5-13-11-8-10(12)14-9(2)15-11/h8H,3-7H2,1-2H3,(H,13,14,15). The van der Waals surface area contributed by atoms with Crippen LogP contribution < -0.4 is 5.32 Å². The molecule has 1 aromatic heterocycles. The molecule has 90 valence electrons.